The van der Waals surface area contributed by atoms with Crippen LogP contribution in [-0.2, 0) is 6.42 Å². The van der Waals surface area contributed by atoms with Crippen molar-refractivity contribution in [1.82, 2.24) is 0 Å². The second-order valence-corrected chi connectivity index (χ2v) is 4.03. The first-order chi connectivity index (χ1) is 6.74. The molecule has 0 aliphatic carbocycles. The van der Waals surface area contributed by atoms with Crippen LogP contribution >= 0.6 is 23.2 Å². The predicted molar refractivity (Wildman–Crippen MR) is 64.4 cm³/mol. The Balaban J connectivity index is 2.59. The van der Waals surface area contributed by atoms with Crippen molar-refractivity contribution < 1.29 is 0 Å². The standard InChI is InChI=1S/C12H14Cl2/c1-10-6-7-11(12(14)9-10)5-3-2-4-8-13/h2-3,6-7,9H,4-5,8H2,1H3/b3-2+. The monoisotopic (exact) mass is 228 g/mol. The molecule has 0 N–H and O–H groups in total. The predicted octanol–water partition coefficient (Wildman–Crippen LogP) is 4.38. The molecule has 0 saturated heterocycles. The van der Waals surface area contributed by atoms with Gasteiger partial charge in [-0.2, -0.15) is 0 Å². The highest BCUT2D eigenvalue weighted by Crippen LogP contribution is 2.18. The second-order valence-electron chi connectivity index (χ2n) is 3.25. The van der Waals surface area contributed by atoms with Crippen molar-refractivity contribution >= 4 is 23.2 Å². The van der Waals surface area contributed by atoms with E-state index in [2.05, 4.69) is 24.3 Å². The van der Waals surface area contributed by atoms with Gasteiger partial charge in [-0.3, -0.25) is 0 Å². The Hall–Kier alpha value is -0.460. The number of aryl methyl sites for hydroxylation is 1. The molecule has 0 atom stereocenters. The van der Waals surface area contributed by atoms with Crippen molar-refractivity contribution in [3.05, 3.63) is 46.5 Å². The highest BCUT2D eigenvalue weighted by Gasteiger charge is 1.97. The molecule has 1 rings (SSSR count). The van der Waals surface area contributed by atoms with E-state index in [1.165, 1.54) is 11.1 Å². The number of benzene rings is 1. The van der Waals surface area contributed by atoms with E-state index in [1.54, 1.807) is 0 Å². The molecule has 0 amide bonds. The highest BCUT2D eigenvalue weighted by molar-refractivity contribution is 6.31. The molecule has 0 radical (unpaired) electrons. The largest absolute Gasteiger partial charge is 0.126 e. The summed E-state index contributed by atoms with van der Waals surface area (Å²) in [6.45, 7) is 2.04. The summed E-state index contributed by atoms with van der Waals surface area (Å²) in [6.07, 6.45) is 6.00. The van der Waals surface area contributed by atoms with Gasteiger partial charge in [-0.25, -0.2) is 0 Å². The molecule has 0 bridgehead atoms. The van der Waals surface area contributed by atoms with Crippen LogP contribution in [0.5, 0.6) is 0 Å². The summed E-state index contributed by atoms with van der Waals surface area (Å²) < 4.78 is 0. The van der Waals surface area contributed by atoms with E-state index in [9.17, 15) is 0 Å². The topological polar surface area (TPSA) is 0 Å². The SMILES string of the molecule is Cc1ccc(C/C=C/CCCl)c(Cl)c1. The van der Waals surface area contributed by atoms with Crippen LogP contribution in [0.2, 0.25) is 5.02 Å². The number of hydrogen-bond donors (Lipinski definition) is 0. The van der Waals surface area contributed by atoms with Crippen molar-refractivity contribution in [2.24, 2.45) is 0 Å². The second kappa shape index (κ2) is 6.10. The van der Waals surface area contributed by atoms with Gasteiger partial charge in [0.1, 0.15) is 0 Å². The zero-order chi connectivity index (χ0) is 10.4. The Morgan fingerprint density at radius 3 is 2.71 bits per heavy atom. The average Bonchev–Trinajstić information content (AvgIpc) is 2.15. The first-order valence-electron chi connectivity index (χ1n) is 4.70. The summed E-state index contributed by atoms with van der Waals surface area (Å²) in [6, 6.07) is 6.14. The summed E-state index contributed by atoms with van der Waals surface area (Å²) in [4.78, 5) is 0. The first-order valence-corrected chi connectivity index (χ1v) is 5.61. The Kier molecular flexibility index (Phi) is 5.06. The van der Waals surface area contributed by atoms with E-state index in [4.69, 9.17) is 23.2 Å². The van der Waals surface area contributed by atoms with E-state index >= 15 is 0 Å². The molecule has 0 fully saturated rings. The van der Waals surface area contributed by atoms with E-state index in [0.29, 0.717) is 5.88 Å². The fourth-order valence-electron chi connectivity index (χ4n) is 1.21. The number of hydrogen-bond acceptors (Lipinski definition) is 0. The molecule has 0 heterocycles. The van der Waals surface area contributed by atoms with Gasteiger partial charge in [-0.05, 0) is 37.0 Å². The zero-order valence-electron chi connectivity index (χ0n) is 8.26. The maximum atomic E-state index is 6.08. The minimum atomic E-state index is 0.679. The zero-order valence-corrected chi connectivity index (χ0v) is 9.78. The van der Waals surface area contributed by atoms with Crippen LogP contribution in [0.1, 0.15) is 17.5 Å². The van der Waals surface area contributed by atoms with E-state index < -0.39 is 0 Å². The van der Waals surface area contributed by atoms with Crippen LogP contribution < -0.4 is 0 Å². The van der Waals surface area contributed by atoms with Crippen molar-refractivity contribution in [3.8, 4) is 0 Å². The number of alkyl halides is 1. The van der Waals surface area contributed by atoms with Gasteiger partial charge in [0.25, 0.3) is 0 Å². The summed E-state index contributed by atoms with van der Waals surface area (Å²) in [7, 11) is 0. The van der Waals surface area contributed by atoms with Crippen LogP contribution in [-0.4, -0.2) is 5.88 Å². The van der Waals surface area contributed by atoms with Crippen LogP contribution in [0.4, 0.5) is 0 Å². The number of halogens is 2. The Bertz CT molecular complexity index is 316. The lowest BCUT2D eigenvalue weighted by atomic mass is 10.1. The van der Waals surface area contributed by atoms with Gasteiger partial charge in [-0.1, -0.05) is 35.9 Å². The molecule has 2 heteroatoms. The summed E-state index contributed by atoms with van der Waals surface area (Å²) in [5, 5.41) is 0.848. The van der Waals surface area contributed by atoms with Crippen molar-refractivity contribution in [2.75, 3.05) is 5.88 Å². The van der Waals surface area contributed by atoms with E-state index in [0.717, 1.165) is 17.9 Å². The Morgan fingerprint density at radius 2 is 2.07 bits per heavy atom. The van der Waals surface area contributed by atoms with Gasteiger partial charge in [0.05, 0.1) is 0 Å². The highest BCUT2D eigenvalue weighted by atomic mass is 35.5. The van der Waals surface area contributed by atoms with Crippen molar-refractivity contribution in [3.63, 3.8) is 0 Å². The van der Waals surface area contributed by atoms with E-state index in [-0.39, 0.29) is 0 Å². The molecule has 0 aliphatic heterocycles. The lowest BCUT2D eigenvalue weighted by Gasteiger charge is -2.01. The van der Waals surface area contributed by atoms with Crippen LogP contribution in [0, 0.1) is 6.92 Å². The fourth-order valence-corrected chi connectivity index (χ4v) is 1.65. The van der Waals surface area contributed by atoms with Gasteiger partial charge in [0, 0.05) is 10.9 Å². The van der Waals surface area contributed by atoms with Crippen molar-refractivity contribution in [2.45, 2.75) is 19.8 Å². The molecule has 1 aromatic rings. The third kappa shape index (κ3) is 3.73. The third-order valence-corrected chi connectivity index (χ3v) is 2.56. The Morgan fingerprint density at radius 1 is 1.29 bits per heavy atom. The van der Waals surface area contributed by atoms with Gasteiger partial charge in [0.2, 0.25) is 0 Å². The van der Waals surface area contributed by atoms with Gasteiger partial charge in [0.15, 0.2) is 0 Å². The van der Waals surface area contributed by atoms with Gasteiger partial charge in [-0.15, -0.1) is 11.6 Å². The lowest BCUT2D eigenvalue weighted by molar-refractivity contribution is 1.18. The molecule has 14 heavy (non-hydrogen) atoms. The number of allylic oxidation sites excluding steroid dienone is 2. The third-order valence-electron chi connectivity index (χ3n) is 1.99. The summed E-state index contributed by atoms with van der Waals surface area (Å²) in [5.74, 6) is 0.679. The van der Waals surface area contributed by atoms with Gasteiger partial charge < -0.3 is 0 Å². The van der Waals surface area contributed by atoms with E-state index in [1.807, 2.05) is 13.0 Å². The van der Waals surface area contributed by atoms with Crippen LogP contribution in [0.3, 0.4) is 0 Å². The lowest BCUT2D eigenvalue weighted by Crippen LogP contribution is -1.84. The summed E-state index contributed by atoms with van der Waals surface area (Å²) in [5.41, 5.74) is 2.37. The molecular weight excluding hydrogens is 215 g/mol. The molecule has 0 nitrogen and oxygen atoms in total. The number of rotatable bonds is 4. The maximum absolute atomic E-state index is 6.08. The molecule has 0 spiro atoms. The average molecular weight is 229 g/mol. The van der Waals surface area contributed by atoms with Crippen LogP contribution in [0.15, 0.2) is 30.4 Å². The molecule has 1 aromatic carbocycles. The first kappa shape index (κ1) is 11.6. The molecule has 0 aliphatic rings. The molecular formula is C12H14Cl2. The quantitative estimate of drug-likeness (QED) is 0.531. The summed E-state index contributed by atoms with van der Waals surface area (Å²) >= 11 is 11.6. The smallest absolute Gasteiger partial charge is 0.0443 e. The minimum absolute atomic E-state index is 0.679. The molecule has 0 unspecified atom stereocenters. The minimum Gasteiger partial charge on any atom is -0.126 e. The van der Waals surface area contributed by atoms with Gasteiger partial charge >= 0.3 is 0 Å². The molecule has 76 valence electrons. The van der Waals surface area contributed by atoms with Crippen molar-refractivity contribution in [1.29, 1.82) is 0 Å². The normalized spacial score (nSPS) is 11.1. The molecule has 0 aromatic heterocycles. The maximum Gasteiger partial charge on any atom is 0.0443 e. The fraction of sp³-hybridized carbons (Fsp3) is 0.333. The van der Waals surface area contributed by atoms with Crippen LogP contribution in [0.25, 0.3) is 0 Å². The molecule has 0 saturated carbocycles. The Labute approximate surface area is 95.5 Å².